The van der Waals surface area contributed by atoms with Crippen molar-refractivity contribution >= 4 is 22.9 Å². The molecule has 0 saturated heterocycles. The number of aryl methyl sites for hydroxylation is 1. The minimum absolute atomic E-state index is 0.0715. The summed E-state index contributed by atoms with van der Waals surface area (Å²) < 4.78 is 10.6. The van der Waals surface area contributed by atoms with Gasteiger partial charge in [-0.05, 0) is 29.7 Å². The van der Waals surface area contributed by atoms with Crippen molar-refractivity contribution in [3.05, 3.63) is 87.6 Å². The van der Waals surface area contributed by atoms with Gasteiger partial charge in [0.15, 0.2) is 0 Å². The number of benzene rings is 2. The molecule has 28 heavy (non-hydrogen) atoms. The topological polar surface area (TPSA) is 98.2 Å². The normalized spacial score (nSPS) is 10.9. The molecule has 0 unspecified atom stereocenters. The van der Waals surface area contributed by atoms with E-state index < -0.39 is 11.5 Å². The quantitative estimate of drug-likeness (QED) is 0.535. The van der Waals surface area contributed by atoms with Crippen LogP contribution in [0.4, 0.5) is 6.01 Å². The van der Waals surface area contributed by atoms with Gasteiger partial charge >= 0.3 is 11.6 Å². The Balaban J connectivity index is 1.49. The molecule has 140 valence electrons. The van der Waals surface area contributed by atoms with Crippen LogP contribution in [0.15, 0.2) is 68.2 Å². The van der Waals surface area contributed by atoms with Crippen molar-refractivity contribution < 1.29 is 13.6 Å². The largest absolute Gasteiger partial charge is 0.422 e. The number of carbonyl (C=O) groups is 1. The van der Waals surface area contributed by atoms with Crippen LogP contribution in [0.2, 0.25) is 0 Å². The minimum Gasteiger partial charge on any atom is -0.422 e. The molecule has 2 aromatic carbocycles. The van der Waals surface area contributed by atoms with Crippen LogP contribution in [-0.2, 0) is 12.8 Å². The molecule has 2 aromatic heterocycles. The molecule has 0 radical (unpaired) electrons. The Kier molecular flexibility index (Phi) is 4.72. The second-order valence-corrected chi connectivity index (χ2v) is 6.29. The highest BCUT2D eigenvalue weighted by Gasteiger charge is 2.17. The van der Waals surface area contributed by atoms with Crippen molar-refractivity contribution in [2.75, 3.05) is 5.32 Å². The first-order valence-electron chi connectivity index (χ1n) is 8.87. The predicted molar refractivity (Wildman–Crippen MR) is 103 cm³/mol. The van der Waals surface area contributed by atoms with Crippen LogP contribution in [0.5, 0.6) is 0 Å². The number of aromatic nitrogens is 2. The van der Waals surface area contributed by atoms with Gasteiger partial charge in [-0.25, -0.2) is 4.79 Å². The number of carbonyl (C=O) groups excluding carboxylic acids is 1. The second-order valence-electron chi connectivity index (χ2n) is 6.29. The molecule has 0 aliphatic heterocycles. The van der Waals surface area contributed by atoms with Gasteiger partial charge in [0.25, 0.3) is 5.91 Å². The number of fused-ring (bicyclic) bond motifs is 1. The molecule has 0 bridgehead atoms. The van der Waals surface area contributed by atoms with E-state index in [4.69, 9.17) is 8.83 Å². The average Bonchev–Trinajstić information content (AvgIpc) is 3.14. The zero-order valence-electron chi connectivity index (χ0n) is 15.1. The van der Waals surface area contributed by atoms with Crippen LogP contribution in [0.3, 0.4) is 0 Å². The van der Waals surface area contributed by atoms with E-state index in [9.17, 15) is 9.59 Å². The number of para-hydroxylation sites is 1. The Labute approximate surface area is 160 Å². The van der Waals surface area contributed by atoms with E-state index in [1.807, 2.05) is 24.3 Å². The van der Waals surface area contributed by atoms with E-state index in [1.54, 1.807) is 24.3 Å². The summed E-state index contributed by atoms with van der Waals surface area (Å²) in [6.45, 7) is 2.10. The van der Waals surface area contributed by atoms with Crippen molar-refractivity contribution in [3.63, 3.8) is 0 Å². The summed E-state index contributed by atoms with van der Waals surface area (Å²) in [5, 5.41) is 10.9. The zero-order chi connectivity index (χ0) is 19.5. The molecule has 1 amide bonds. The number of rotatable bonds is 5. The highest BCUT2D eigenvalue weighted by molar-refractivity contribution is 6.04. The number of hydrogen-bond donors (Lipinski definition) is 1. The minimum atomic E-state index is -0.730. The molecule has 0 fully saturated rings. The lowest BCUT2D eigenvalue weighted by Gasteiger charge is -2.01. The van der Waals surface area contributed by atoms with Gasteiger partial charge < -0.3 is 8.83 Å². The summed E-state index contributed by atoms with van der Waals surface area (Å²) in [6.07, 6.45) is 1.42. The van der Waals surface area contributed by atoms with Crippen LogP contribution in [0.1, 0.15) is 34.3 Å². The highest BCUT2D eigenvalue weighted by atomic mass is 16.4. The van der Waals surface area contributed by atoms with Crippen LogP contribution >= 0.6 is 0 Å². The van der Waals surface area contributed by atoms with Gasteiger partial charge in [-0.2, -0.15) is 0 Å². The van der Waals surface area contributed by atoms with E-state index in [1.165, 1.54) is 11.6 Å². The molecule has 0 saturated carbocycles. The predicted octanol–water partition coefficient (Wildman–Crippen LogP) is 3.58. The molecule has 0 atom stereocenters. The molecule has 2 heterocycles. The lowest BCUT2D eigenvalue weighted by molar-refractivity contribution is 0.102. The van der Waals surface area contributed by atoms with Gasteiger partial charge in [-0.1, -0.05) is 54.5 Å². The molecular formula is C21H17N3O4. The smallest absolute Gasteiger partial charge is 0.349 e. The van der Waals surface area contributed by atoms with Crippen molar-refractivity contribution in [2.45, 2.75) is 19.8 Å². The SMILES string of the molecule is CCc1ccc(Cc2nnc(NC(=O)c3cc4ccccc4oc3=O)o2)cc1. The summed E-state index contributed by atoms with van der Waals surface area (Å²) in [4.78, 5) is 24.5. The maximum Gasteiger partial charge on any atom is 0.349 e. The summed E-state index contributed by atoms with van der Waals surface area (Å²) in [5.74, 6) is -0.299. The Hall–Kier alpha value is -3.74. The van der Waals surface area contributed by atoms with Crippen LogP contribution < -0.4 is 10.9 Å². The number of nitrogens with one attached hydrogen (secondary N) is 1. The van der Waals surface area contributed by atoms with Gasteiger partial charge in [-0.3, -0.25) is 10.1 Å². The molecule has 7 heteroatoms. The van der Waals surface area contributed by atoms with Crippen molar-refractivity contribution in [1.82, 2.24) is 10.2 Å². The van der Waals surface area contributed by atoms with E-state index in [-0.39, 0.29) is 11.6 Å². The van der Waals surface area contributed by atoms with Crippen LogP contribution in [0.25, 0.3) is 11.0 Å². The van der Waals surface area contributed by atoms with E-state index >= 15 is 0 Å². The first-order valence-corrected chi connectivity index (χ1v) is 8.87. The molecular weight excluding hydrogens is 358 g/mol. The Bertz CT molecular complexity index is 1190. The summed E-state index contributed by atoms with van der Waals surface area (Å²) in [5.41, 5.74) is 1.82. The third-order valence-electron chi connectivity index (χ3n) is 4.36. The number of amides is 1. The number of nitrogens with zero attached hydrogens (tertiary/aromatic N) is 2. The number of anilines is 1. The van der Waals surface area contributed by atoms with Gasteiger partial charge in [0.05, 0.1) is 6.42 Å². The Morgan fingerprint density at radius 1 is 1.00 bits per heavy atom. The fourth-order valence-electron chi connectivity index (χ4n) is 2.83. The molecule has 4 rings (SSSR count). The monoisotopic (exact) mass is 375 g/mol. The lowest BCUT2D eigenvalue weighted by Crippen LogP contribution is -2.20. The summed E-state index contributed by atoms with van der Waals surface area (Å²) in [6, 6.07) is 16.5. The molecule has 4 aromatic rings. The summed E-state index contributed by atoms with van der Waals surface area (Å²) in [7, 11) is 0. The second kappa shape index (κ2) is 7.48. The average molecular weight is 375 g/mol. The lowest BCUT2D eigenvalue weighted by atomic mass is 10.1. The molecule has 0 spiro atoms. The van der Waals surface area contributed by atoms with Gasteiger partial charge in [0.2, 0.25) is 5.89 Å². The van der Waals surface area contributed by atoms with Crippen molar-refractivity contribution in [3.8, 4) is 0 Å². The first-order chi connectivity index (χ1) is 13.6. The Morgan fingerprint density at radius 2 is 1.75 bits per heavy atom. The Morgan fingerprint density at radius 3 is 2.54 bits per heavy atom. The number of hydrogen-bond acceptors (Lipinski definition) is 6. The standard InChI is InChI=1S/C21H17N3O4/c1-2-13-7-9-14(10-8-13)11-18-23-24-21(28-18)22-19(25)16-12-15-5-3-4-6-17(15)27-20(16)26/h3-10,12H,2,11H2,1H3,(H,22,24,25). The van der Waals surface area contributed by atoms with Gasteiger partial charge in [0.1, 0.15) is 11.1 Å². The molecule has 1 N–H and O–H groups in total. The van der Waals surface area contributed by atoms with Gasteiger partial charge in [0, 0.05) is 5.39 Å². The van der Waals surface area contributed by atoms with Crippen molar-refractivity contribution in [1.29, 1.82) is 0 Å². The maximum absolute atomic E-state index is 12.4. The fourth-order valence-corrected chi connectivity index (χ4v) is 2.83. The fraction of sp³-hybridized carbons (Fsp3) is 0.143. The third-order valence-corrected chi connectivity index (χ3v) is 4.36. The maximum atomic E-state index is 12.4. The third kappa shape index (κ3) is 3.68. The highest BCUT2D eigenvalue weighted by Crippen LogP contribution is 2.15. The van der Waals surface area contributed by atoms with Gasteiger partial charge in [-0.15, -0.1) is 5.10 Å². The van der Waals surface area contributed by atoms with Crippen LogP contribution in [-0.4, -0.2) is 16.1 Å². The van der Waals surface area contributed by atoms with E-state index in [0.29, 0.717) is 23.3 Å². The molecule has 0 aliphatic rings. The van der Waals surface area contributed by atoms with Crippen molar-refractivity contribution in [2.24, 2.45) is 0 Å². The molecule has 7 nitrogen and oxygen atoms in total. The summed E-state index contributed by atoms with van der Waals surface area (Å²) >= 11 is 0. The van der Waals surface area contributed by atoms with E-state index in [0.717, 1.165) is 12.0 Å². The molecule has 0 aliphatic carbocycles. The van der Waals surface area contributed by atoms with Crippen LogP contribution in [0, 0.1) is 0 Å². The zero-order valence-corrected chi connectivity index (χ0v) is 15.1. The first kappa shape index (κ1) is 17.7. The van der Waals surface area contributed by atoms with E-state index in [2.05, 4.69) is 22.4 Å².